The van der Waals surface area contributed by atoms with Gasteiger partial charge in [0.2, 0.25) is 0 Å². The van der Waals surface area contributed by atoms with E-state index < -0.39 is 5.91 Å². The first kappa shape index (κ1) is 18.7. The number of hydrogen-bond acceptors (Lipinski definition) is 5. The normalized spacial score (nSPS) is 23.3. The molecule has 6 nitrogen and oxygen atoms in total. The topological polar surface area (TPSA) is 73.8 Å². The van der Waals surface area contributed by atoms with Gasteiger partial charge >= 0.3 is 0 Å². The molecule has 2 heterocycles. The van der Waals surface area contributed by atoms with Crippen molar-refractivity contribution in [1.29, 1.82) is 0 Å². The van der Waals surface area contributed by atoms with Gasteiger partial charge < -0.3 is 10.1 Å². The molecule has 0 unspecified atom stereocenters. The fraction of sp³-hybridized carbons (Fsp3) is 0.667. The van der Waals surface area contributed by atoms with Crippen LogP contribution in [0.4, 0.5) is 0 Å². The minimum Gasteiger partial charge on any atom is -0.492 e. The highest BCUT2D eigenvalue weighted by atomic mass is 16.5. The lowest BCUT2D eigenvalue weighted by Crippen LogP contribution is -2.41. The fourth-order valence-electron chi connectivity index (χ4n) is 5.08. The van der Waals surface area contributed by atoms with Gasteiger partial charge in [0.05, 0.1) is 0 Å². The van der Waals surface area contributed by atoms with Gasteiger partial charge in [0.25, 0.3) is 5.91 Å². The first-order valence-corrected chi connectivity index (χ1v) is 10.3. The average molecular weight is 373 g/mol. The van der Waals surface area contributed by atoms with Crippen molar-refractivity contribution in [3.63, 3.8) is 0 Å². The molecule has 0 bridgehead atoms. The molecule has 2 aliphatic heterocycles. The number of fused-ring (bicyclic) bond motifs is 1. The predicted molar refractivity (Wildman–Crippen MR) is 103 cm³/mol. The zero-order valence-corrected chi connectivity index (χ0v) is 16.0. The van der Waals surface area contributed by atoms with Gasteiger partial charge in [0, 0.05) is 30.8 Å². The van der Waals surface area contributed by atoms with Gasteiger partial charge in [-0.15, -0.1) is 0 Å². The third kappa shape index (κ3) is 4.28. The molecule has 1 amide bonds. The van der Waals surface area contributed by atoms with Crippen LogP contribution < -0.4 is 15.5 Å². The van der Waals surface area contributed by atoms with E-state index >= 15 is 0 Å². The van der Waals surface area contributed by atoms with Gasteiger partial charge in [-0.2, -0.15) is 0 Å². The Hall–Kier alpha value is -1.63. The van der Waals surface area contributed by atoms with E-state index in [-0.39, 0.29) is 0 Å². The lowest BCUT2D eigenvalue weighted by molar-refractivity contribution is 0.0706. The maximum absolute atomic E-state index is 11.6. The van der Waals surface area contributed by atoms with Crippen LogP contribution in [0.3, 0.4) is 0 Å². The molecule has 1 saturated heterocycles. The van der Waals surface area contributed by atoms with Crippen LogP contribution in [0.2, 0.25) is 0 Å². The van der Waals surface area contributed by atoms with E-state index in [4.69, 9.17) is 9.94 Å². The van der Waals surface area contributed by atoms with Crippen molar-refractivity contribution in [2.24, 2.45) is 11.3 Å². The minimum atomic E-state index is -0.503. The number of nitrogens with one attached hydrogen (secondary N) is 2. The summed E-state index contributed by atoms with van der Waals surface area (Å²) in [6, 6.07) is 5.42. The van der Waals surface area contributed by atoms with Crippen molar-refractivity contribution < 1.29 is 14.7 Å². The molecule has 6 heteroatoms. The largest absolute Gasteiger partial charge is 0.492 e. The van der Waals surface area contributed by atoms with Gasteiger partial charge in [-0.3, -0.25) is 14.9 Å². The Labute approximate surface area is 161 Å². The van der Waals surface area contributed by atoms with Gasteiger partial charge in [0.1, 0.15) is 12.4 Å². The quantitative estimate of drug-likeness (QED) is 0.561. The van der Waals surface area contributed by atoms with E-state index in [2.05, 4.69) is 10.2 Å². The molecule has 0 atom stereocenters. The Morgan fingerprint density at radius 2 is 2.04 bits per heavy atom. The number of piperidine rings is 1. The Balaban J connectivity index is 1.35. The molecule has 1 saturated carbocycles. The molecule has 4 rings (SSSR count). The summed E-state index contributed by atoms with van der Waals surface area (Å²) in [6.07, 6.45) is 8.18. The maximum Gasteiger partial charge on any atom is 0.274 e. The number of hydrogen-bond donors (Lipinski definition) is 3. The van der Waals surface area contributed by atoms with Crippen molar-refractivity contribution >= 4 is 5.91 Å². The van der Waals surface area contributed by atoms with E-state index in [1.54, 1.807) is 17.6 Å². The van der Waals surface area contributed by atoms with Crippen molar-refractivity contribution in [3.8, 4) is 5.75 Å². The van der Waals surface area contributed by atoms with Crippen molar-refractivity contribution in [3.05, 3.63) is 29.3 Å². The molecular formula is C21H31N3O3. The second kappa shape index (κ2) is 8.17. The summed E-state index contributed by atoms with van der Waals surface area (Å²) in [6.45, 7) is 5.95. The van der Waals surface area contributed by atoms with E-state index in [1.165, 1.54) is 51.6 Å². The Morgan fingerprint density at radius 1 is 1.26 bits per heavy atom. The van der Waals surface area contributed by atoms with Crippen molar-refractivity contribution in [1.82, 2.24) is 15.7 Å². The van der Waals surface area contributed by atoms with E-state index in [0.29, 0.717) is 17.6 Å². The van der Waals surface area contributed by atoms with Crippen LogP contribution >= 0.6 is 0 Å². The molecule has 1 aromatic carbocycles. The Morgan fingerprint density at radius 3 is 2.78 bits per heavy atom. The van der Waals surface area contributed by atoms with Crippen LogP contribution in [0.15, 0.2) is 18.2 Å². The lowest BCUT2D eigenvalue weighted by atomic mass is 9.65. The van der Waals surface area contributed by atoms with Gasteiger partial charge in [-0.25, -0.2) is 5.48 Å². The molecule has 1 aliphatic carbocycles. The van der Waals surface area contributed by atoms with Crippen molar-refractivity contribution in [2.45, 2.75) is 45.1 Å². The number of carbonyl (C=O) groups is 1. The number of benzene rings is 1. The van der Waals surface area contributed by atoms with E-state index in [1.807, 2.05) is 6.07 Å². The molecule has 2 fully saturated rings. The average Bonchev–Trinajstić information content (AvgIpc) is 2.91. The van der Waals surface area contributed by atoms with Gasteiger partial charge in [0.15, 0.2) is 0 Å². The van der Waals surface area contributed by atoms with Gasteiger partial charge in [-0.05, 0) is 75.1 Å². The first-order valence-electron chi connectivity index (χ1n) is 10.3. The minimum absolute atomic E-state index is 0.421. The zero-order valence-electron chi connectivity index (χ0n) is 16.0. The second-order valence-electron chi connectivity index (χ2n) is 8.54. The lowest BCUT2D eigenvalue weighted by Gasteiger charge is -2.44. The fourth-order valence-corrected chi connectivity index (χ4v) is 5.08. The monoisotopic (exact) mass is 373 g/mol. The van der Waals surface area contributed by atoms with Crippen LogP contribution in [0, 0.1) is 11.3 Å². The van der Waals surface area contributed by atoms with E-state index in [0.717, 1.165) is 36.9 Å². The number of ether oxygens (including phenoxy) is 1. The molecule has 3 aliphatic rings. The number of carbonyl (C=O) groups excluding carboxylic acids is 1. The number of amides is 1. The molecule has 27 heavy (non-hydrogen) atoms. The van der Waals surface area contributed by atoms with E-state index in [9.17, 15) is 4.79 Å². The highest BCUT2D eigenvalue weighted by Gasteiger charge is 2.36. The van der Waals surface area contributed by atoms with Crippen LogP contribution in [-0.4, -0.2) is 48.8 Å². The number of rotatable bonds is 3. The zero-order chi connectivity index (χ0) is 18.7. The van der Waals surface area contributed by atoms with Crippen LogP contribution in [-0.2, 0) is 6.54 Å². The van der Waals surface area contributed by atoms with Crippen LogP contribution in [0.5, 0.6) is 5.75 Å². The molecule has 0 aromatic heterocycles. The standard InChI is InChI=1S/C21H31N3O3/c25-20(23-26)17-1-2-18-15-24(11-12-27-19(18)13-17)14-16-3-5-21(6-4-16)7-9-22-10-8-21/h1-2,13,16,22,26H,3-12,14-15H2,(H,23,25). The highest BCUT2D eigenvalue weighted by Crippen LogP contribution is 2.45. The molecule has 3 N–H and O–H groups in total. The number of nitrogens with zero attached hydrogens (tertiary/aromatic N) is 1. The highest BCUT2D eigenvalue weighted by molar-refractivity contribution is 5.93. The number of hydroxylamine groups is 1. The maximum atomic E-state index is 11.6. The first-order chi connectivity index (χ1) is 13.2. The molecule has 0 radical (unpaired) electrons. The summed E-state index contributed by atoms with van der Waals surface area (Å²) in [5.41, 5.74) is 3.85. The summed E-state index contributed by atoms with van der Waals surface area (Å²) in [5, 5.41) is 12.3. The molecule has 1 spiro atoms. The second-order valence-corrected chi connectivity index (χ2v) is 8.54. The third-order valence-electron chi connectivity index (χ3n) is 6.84. The predicted octanol–water partition coefficient (Wildman–Crippen LogP) is 2.56. The summed E-state index contributed by atoms with van der Waals surface area (Å²) in [5.74, 6) is 1.04. The molecule has 148 valence electrons. The van der Waals surface area contributed by atoms with Crippen LogP contribution in [0.1, 0.15) is 54.4 Å². The Bertz CT molecular complexity index is 663. The molecule has 1 aromatic rings. The Kier molecular flexibility index (Phi) is 5.66. The smallest absolute Gasteiger partial charge is 0.274 e. The summed E-state index contributed by atoms with van der Waals surface area (Å²) in [4.78, 5) is 14.1. The summed E-state index contributed by atoms with van der Waals surface area (Å²) >= 11 is 0. The van der Waals surface area contributed by atoms with Crippen molar-refractivity contribution in [2.75, 3.05) is 32.8 Å². The van der Waals surface area contributed by atoms with Crippen LogP contribution in [0.25, 0.3) is 0 Å². The van der Waals surface area contributed by atoms with Gasteiger partial charge in [-0.1, -0.05) is 6.07 Å². The summed E-state index contributed by atoms with van der Waals surface area (Å²) < 4.78 is 5.88. The summed E-state index contributed by atoms with van der Waals surface area (Å²) in [7, 11) is 0. The SMILES string of the molecule is O=C(NO)c1ccc2c(c1)OCCN(CC1CCC3(CCNCC3)CC1)C2. The molecular weight excluding hydrogens is 342 g/mol. The third-order valence-corrected chi connectivity index (χ3v) is 6.84.